The van der Waals surface area contributed by atoms with Gasteiger partial charge in [0, 0.05) is 12.6 Å². The third kappa shape index (κ3) is 5.59. The molecule has 0 aromatic carbocycles. The van der Waals surface area contributed by atoms with Gasteiger partial charge in [-0.15, -0.1) is 0 Å². The normalized spacial score (nSPS) is 19.5. The summed E-state index contributed by atoms with van der Waals surface area (Å²) in [5.41, 5.74) is -0.563. The van der Waals surface area contributed by atoms with E-state index in [9.17, 15) is 4.79 Å². The van der Waals surface area contributed by atoms with Crippen LogP contribution in [0.2, 0.25) is 0 Å². The Morgan fingerprint density at radius 1 is 1.29 bits per heavy atom. The molecule has 0 amide bonds. The third-order valence-electron chi connectivity index (χ3n) is 4.80. The summed E-state index contributed by atoms with van der Waals surface area (Å²) in [5.74, 6) is -0.143. The second kappa shape index (κ2) is 9.42. The average molecular weight is 298 g/mol. The van der Waals surface area contributed by atoms with Gasteiger partial charge in [-0.2, -0.15) is 0 Å². The summed E-state index contributed by atoms with van der Waals surface area (Å²) in [4.78, 5) is 14.7. The molecular formula is C17H34N2O2. The van der Waals surface area contributed by atoms with Crippen molar-refractivity contribution in [3.05, 3.63) is 0 Å². The van der Waals surface area contributed by atoms with E-state index in [1.54, 1.807) is 0 Å². The largest absolute Gasteiger partial charge is 0.468 e. The summed E-state index contributed by atoms with van der Waals surface area (Å²) >= 11 is 0. The number of nitrogens with one attached hydrogen (secondary N) is 1. The van der Waals surface area contributed by atoms with Crippen LogP contribution < -0.4 is 5.32 Å². The number of carbonyl (C=O) groups is 1. The van der Waals surface area contributed by atoms with Gasteiger partial charge in [0.15, 0.2) is 0 Å². The minimum absolute atomic E-state index is 0.143. The molecule has 0 heterocycles. The molecule has 0 radical (unpaired) electrons. The maximum Gasteiger partial charge on any atom is 0.325 e. The van der Waals surface area contributed by atoms with E-state index < -0.39 is 5.54 Å². The van der Waals surface area contributed by atoms with Gasteiger partial charge in [0.2, 0.25) is 0 Å². The van der Waals surface area contributed by atoms with E-state index in [0.29, 0.717) is 6.04 Å². The summed E-state index contributed by atoms with van der Waals surface area (Å²) in [5, 5.41) is 3.38. The van der Waals surface area contributed by atoms with Crippen molar-refractivity contribution in [3.8, 4) is 0 Å². The van der Waals surface area contributed by atoms with Gasteiger partial charge >= 0.3 is 5.97 Å². The van der Waals surface area contributed by atoms with Crippen LogP contribution in [0.15, 0.2) is 0 Å². The molecule has 1 rings (SSSR count). The van der Waals surface area contributed by atoms with E-state index in [1.807, 2.05) is 6.92 Å². The second-order valence-electron chi connectivity index (χ2n) is 6.42. The molecule has 0 aromatic rings. The molecule has 1 fully saturated rings. The molecular weight excluding hydrogens is 264 g/mol. The van der Waals surface area contributed by atoms with Crippen molar-refractivity contribution in [1.82, 2.24) is 10.2 Å². The van der Waals surface area contributed by atoms with Gasteiger partial charge in [-0.1, -0.05) is 33.1 Å². The van der Waals surface area contributed by atoms with Crippen LogP contribution in [-0.2, 0) is 9.53 Å². The van der Waals surface area contributed by atoms with E-state index in [2.05, 4.69) is 24.1 Å². The van der Waals surface area contributed by atoms with Gasteiger partial charge in [0.1, 0.15) is 5.54 Å². The molecule has 4 nitrogen and oxygen atoms in total. The van der Waals surface area contributed by atoms with Crippen LogP contribution in [0.4, 0.5) is 0 Å². The zero-order valence-corrected chi connectivity index (χ0v) is 14.4. The van der Waals surface area contributed by atoms with Gasteiger partial charge < -0.3 is 15.0 Å². The predicted octanol–water partition coefficient (Wildman–Crippen LogP) is 2.96. The highest BCUT2D eigenvalue weighted by Crippen LogP contribution is 2.24. The van der Waals surface area contributed by atoms with Gasteiger partial charge in [0.05, 0.1) is 7.11 Å². The molecule has 124 valence electrons. The fourth-order valence-corrected chi connectivity index (χ4v) is 3.30. The Balaban J connectivity index is 2.58. The predicted molar refractivity (Wildman–Crippen MR) is 87.5 cm³/mol. The number of rotatable bonds is 9. The zero-order chi connectivity index (χ0) is 15.7. The maximum absolute atomic E-state index is 12.1. The maximum atomic E-state index is 12.1. The Kier molecular flexibility index (Phi) is 8.27. The van der Waals surface area contributed by atoms with E-state index in [-0.39, 0.29) is 5.97 Å². The Labute approximate surface area is 130 Å². The Bertz CT molecular complexity index is 303. The minimum atomic E-state index is -0.563. The first-order chi connectivity index (χ1) is 10.1. The molecule has 4 heteroatoms. The summed E-state index contributed by atoms with van der Waals surface area (Å²) in [6.07, 6.45) is 8.53. The summed E-state index contributed by atoms with van der Waals surface area (Å²) in [7, 11) is 1.48. The first-order valence-corrected chi connectivity index (χ1v) is 8.64. The Morgan fingerprint density at radius 2 is 1.95 bits per heavy atom. The van der Waals surface area contributed by atoms with E-state index in [0.717, 1.165) is 32.5 Å². The monoisotopic (exact) mass is 298 g/mol. The quantitative estimate of drug-likeness (QED) is 0.665. The van der Waals surface area contributed by atoms with Crippen molar-refractivity contribution < 1.29 is 9.53 Å². The highest BCUT2D eigenvalue weighted by atomic mass is 16.5. The lowest BCUT2D eigenvalue weighted by Crippen LogP contribution is -2.53. The molecule has 21 heavy (non-hydrogen) atoms. The highest BCUT2D eigenvalue weighted by molar-refractivity contribution is 5.80. The van der Waals surface area contributed by atoms with Crippen molar-refractivity contribution >= 4 is 5.97 Å². The lowest BCUT2D eigenvalue weighted by atomic mass is 9.92. The Morgan fingerprint density at radius 3 is 2.48 bits per heavy atom. The molecule has 1 unspecified atom stereocenters. The van der Waals surface area contributed by atoms with Crippen LogP contribution in [0.3, 0.4) is 0 Å². The van der Waals surface area contributed by atoms with Gasteiger partial charge in [-0.3, -0.25) is 4.79 Å². The average Bonchev–Trinajstić information content (AvgIpc) is 2.53. The SMILES string of the molecule is CCCNC(C)(CCN(CC)C1CCCCC1)C(=O)OC. The molecule has 0 bridgehead atoms. The number of esters is 1. The fraction of sp³-hybridized carbons (Fsp3) is 0.941. The third-order valence-corrected chi connectivity index (χ3v) is 4.80. The highest BCUT2D eigenvalue weighted by Gasteiger charge is 2.34. The molecule has 1 aliphatic carbocycles. The number of methoxy groups -OCH3 is 1. The summed E-state index contributed by atoms with van der Waals surface area (Å²) in [6.45, 7) is 9.19. The smallest absolute Gasteiger partial charge is 0.325 e. The summed E-state index contributed by atoms with van der Waals surface area (Å²) < 4.78 is 5.00. The Hall–Kier alpha value is -0.610. The molecule has 0 aliphatic heterocycles. The van der Waals surface area contributed by atoms with Crippen LogP contribution in [0.1, 0.15) is 65.7 Å². The first-order valence-electron chi connectivity index (χ1n) is 8.64. The van der Waals surface area contributed by atoms with Gasteiger partial charge in [-0.05, 0) is 45.7 Å². The van der Waals surface area contributed by atoms with Crippen molar-refractivity contribution in [2.45, 2.75) is 77.3 Å². The molecule has 1 aliphatic rings. The number of hydrogen-bond acceptors (Lipinski definition) is 4. The molecule has 0 saturated heterocycles. The van der Waals surface area contributed by atoms with Crippen LogP contribution in [0.25, 0.3) is 0 Å². The minimum Gasteiger partial charge on any atom is -0.468 e. The van der Waals surface area contributed by atoms with Crippen molar-refractivity contribution in [2.24, 2.45) is 0 Å². The van der Waals surface area contributed by atoms with E-state index >= 15 is 0 Å². The van der Waals surface area contributed by atoms with Crippen LogP contribution >= 0.6 is 0 Å². The topological polar surface area (TPSA) is 41.6 Å². The van der Waals surface area contributed by atoms with Crippen LogP contribution in [0.5, 0.6) is 0 Å². The zero-order valence-electron chi connectivity index (χ0n) is 14.4. The molecule has 1 N–H and O–H groups in total. The molecule has 1 saturated carbocycles. The fourth-order valence-electron chi connectivity index (χ4n) is 3.30. The number of hydrogen-bond donors (Lipinski definition) is 1. The standard InChI is InChI=1S/C17H34N2O2/c1-5-13-18-17(3,16(20)21-4)12-14-19(6-2)15-10-8-7-9-11-15/h15,18H,5-14H2,1-4H3. The molecule has 0 aromatic heterocycles. The van der Waals surface area contributed by atoms with Gasteiger partial charge in [-0.25, -0.2) is 0 Å². The molecule has 0 spiro atoms. The lowest BCUT2D eigenvalue weighted by molar-refractivity contribution is -0.148. The van der Waals surface area contributed by atoms with Crippen molar-refractivity contribution in [2.75, 3.05) is 26.7 Å². The van der Waals surface area contributed by atoms with Gasteiger partial charge in [0.25, 0.3) is 0 Å². The summed E-state index contributed by atoms with van der Waals surface area (Å²) in [6, 6.07) is 0.705. The van der Waals surface area contributed by atoms with Crippen LogP contribution in [-0.4, -0.2) is 49.2 Å². The number of ether oxygens (including phenoxy) is 1. The van der Waals surface area contributed by atoms with Crippen molar-refractivity contribution in [3.63, 3.8) is 0 Å². The van der Waals surface area contributed by atoms with E-state index in [1.165, 1.54) is 39.2 Å². The number of carbonyl (C=O) groups excluding carboxylic acids is 1. The van der Waals surface area contributed by atoms with Crippen LogP contribution in [0, 0.1) is 0 Å². The first kappa shape index (κ1) is 18.4. The van der Waals surface area contributed by atoms with Crippen molar-refractivity contribution in [1.29, 1.82) is 0 Å². The number of nitrogens with zero attached hydrogens (tertiary/aromatic N) is 1. The second-order valence-corrected chi connectivity index (χ2v) is 6.42. The lowest BCUT2D eigenvalue weighted by Gasteiger charge is -2.36. The molecule has 1 atom stereocenters. The van der Waals surface area contributed by atoms with E-state index in [4.69, 9.17) is 4.74 Å².